The number of carbonyl (C=O) groups excluding carboxylic acids is 2. The molecule has 1 fully saturated rings. The number of thiazole rings is 1. The molecule has 3 heterocycles. The number of anilines is 1. The van der Waals surface area contributed by atoms with E-state index < -0.39 is 0 Å². The topological polar surface area (TPSA) is 88.1 Å². The van der Waals surface area contributed by atoms with Crippen LogP contribution in [0.3, 0.4) is 0 Å². The Morgan fingerprint density at radius 1 is 1.14 bits per heavy atom. The second-order valence-corrected chi connectivity index (χ2v) is 8.58. The molecule has 4 rings (SSSR count). The fourth-order valence-electron chi connectivity index (χ4n) is 2.96. The number of thioether (sulfide) groups is 1. The van der Waals surface area contributed by atoms with Gasteiger partial charge in [0.25, 0.3) is 11.8 Å². The maximum absolute atomic E-state index is 12.7. The van der Waals surface area contributed by atoms with E-state index in [1.54, 1.807) is 36.0 Å². The summed E-state index contributed by atoms with van der Waals surface area (Å²) in [6.45, 7) is 3.43. The number of hydrogen-bond donors (Lipinski definition) is 1. The Labute approximate surface area is 176 Å². The highest BCUT2D eigenvalue weighted by molar-refractivity contribution is 7.99. The van der Waals surface area contributed by atoms with Crippen molar-refractivity contribution in [3.8, 4) is 10.8 Å². The van der Waals surface area contributed by atoms with E-state index in [0.717, 1.165) is 30.2 Å². The van der Waals surface area contributed by atoms with Gasteiger partial charge in [-0.25, -0.2) is 15.0 Å². The summed E-state index contributed by atoms with van der Waals surface area (Å²) in [7, 11) is 0. The van der Waals surface area contributed by atoms with Crippen LogP contribution in [0.4, 0.5) is 5.69 Å². The standard InChI is InChI=1S/C20H19N5O2S2/c1-13-11-14(20(27)25-7-9-28-10-8-25)3-4-15(13)23-18(26)16-12-29-19(24-16)17-21-5-2-6-22-17/h2-6,11-12H,7-10H2,1H3,(H,23,26). The molecule has 0 radical (unpaired) electrons. The third-order valence-corrected chi connectivity index (χ3v) is 6.29. The highest BCUT2D eigenvalue weighted by Gasteiger charge is 2.19. The van der Waals surface area contributed by atoms with Gasteiger partial charge >= 0.3 is 0 Å². The van der Waals surface area contributed by atoms with Crippen LogP contribution in [0.2, 0.25) is 0 Å². The summed E-state index contributed by atoms with van der Waals surface area (Å²) in [5.41, 5.74) is 2.44. The Bertz CT molecular complexity index is 1030. The van der Waals surface area contributed by atoms with Crippen LogP contribution in [-0.4, -0.2) is 56.3 Å². The molecule has 1 aliphatic heterocycles. The van der Waals surface area contributed by atoms with Crippen molar-refractivity contribution >= 4 is 40.6 Å². The van der Waals surface area contributed by atoms with Crippen LogP contribution >= 0.6 is 23.1 Å². The Balaban J connectivity index is 1.46. The number of nitrogens with zero attached hydrogens (tertiary/aromatic N) is 4. The second kappa shape index (κ2) is 8.71. The predicted octanol–water partition coefficient (Wildman–Crippen LogP) is 3.35. The largest absolute Gasteiger partial charge is 0.337 e. The summed E-state index contributed by atoms with van der Waals surface area (Å²) in [6.07, 6.45) is 3.27. The maximum atomic E-state index is 12.7. The van der Waals surface area contributed by atoms with E-state index in [0.29, 0.717) is 27.8 Å². The second-order valence-electron chi connectivity index (χ2n) is 6.50. The number of rotatable bonds is 4. The average Bonchev–Trinajstić information content (AvgIpc) is 3.26. The van der Waals surface area contributed by atoms with E-state index in [2.05, 4.69) is 20.3 Å². The summed E-state index contributed by atoms with van der Waals surface area (Å²) in [6, 6.07) is 7.08. The van der Waals surface area contributed by atoms with Crippen molar-refractivity contribution in [1.82, 2.24) is 19.9 Å². The smallest absolute Gasteiger partial charge is 0.275 e. The van der Waals surface area contributed by atoms with Crippen molar-refractivity contribution in [3.05, 3.63) is 58.9 Å². The number of aryl methyl sites for hydroxylation is 1. The van der Waals surface area contributed by atoms with E-state index in [-0.39, 0.29) is 11.8 Å². The number of benzene rings is 1. The number of carbonyl (C=O) groups is 2. The van der Waals surface area contributed by atoms with Gasteiger partial charge in [-0.3, -0.25) is 9.59 Å². The highest BCUT2D eigenvalue weighted by atomic mass is 32.2. The SMILES string of the molecule is Cc1cc(C(=O)N2CCSCC2)ccc1NC(=O)c1csc(-c2ncccn2)n1. The lowest BCUT2D eigenvalue weighted by atomic mass is 10.1. The summed E-state index contributed by atoms with van der Waals surface area (Å²) >= 11 is 3.19. The van der Waals surface area contributed by atoms with E-state index in [1.165, 1.54) is 11.3 Å². The number of amides is 2. The van der Waals surface area contributed by atoms with Crippen LogP contribution in [-0.2, 0) is 0 Å². The van der Waals surface area contributed by atoms with Crippen molar-refractivity contribution in [2.45, 2.75) is 6.92 Å². The Morgan fingerprint density at radius 3 is 2.62 bits per heavy atom. The Kier molecular flexibility index (Phi) is 5.86. The molecule has 7 nitrogen and oxygen atoms in total. The Hall–Kier alpha value is -2.78. The third kappa shape index (κ3) is 4.46. The highest BCUT2D eigenvalue weighted by Crippen LogP contribution is 2.22. The fraction of sp³-hybridized carbons (Fsp3) is 0.250. The quantitative estimate of drug-likeness (QED) is 0.690. The molecule has 2 amide bonds. The molecular weight excluding hydrogens is 406 g/mol. The van der Waals surface area contributed by atoms with Gasteiger partial charge < -0.3 is 10.2 Å². The van der Waals surface area contributed by atoms with Crippen molar-refractivity contribution in [2.24, 2.45) is 0 Å². The third-order valence-electron chi connectivity index (χ3n) is 4.51. The van der Waals surface area contributed by atoms with Crippen molar-refractivity contribution in [2.75, 3.05) is 29.9 Å². The molecule has 1 N–H and O–H groups in total. The molecule has 0 unspecified atom stereocenters. The first-order valence-electron chi connectivity index (χ1n) is 9.14. The molecule has 1 saturated heterocycles. The maximum Gasteiger partial charge on any atom is 0.275 e. The van der Waals surface area contributed by atoms with Gasteiger partial charge in [-0.2, -0.15) is 11.8 Å². The van der Waals surface area contributed by atoms with E-state index in [4.69, 9.17) is 0 Å². The van der Waals surface area contributed by atoms with E-state index in [1.807, 2.05) is 29.7 Å². The van der Waals surface area contributed by atoms with Crippen molar-refractivity contribution < 1.29 is 9.59 Å². The molecule has 1 aliphatic rings. The van der Waals surface area contributed by atoms with Gasteiger partial charge in [-0.15, -0.1) is 11.3 Å². The first-order valence-corrected chi connectivity index (χ1v) is 11.2. The van der Waals surface area contributed by atoms with Crippen LogP contribution in [0.1, 0.15) is 26.4 Å². The molecule has 0 saturated carbocycles. The zero-order valence-corrected chi connectivity index (χ0v) is 17.4. The first kappa shape index (κ1) is 19.5. The summed E-state index contributed by atoms with van der Waals surface area (Å²) < 4.78 is 0. The van der Waals surface area contributed by atoms with Gasteiger partial charge in [-0.1, -0.05) is 0 Å². The molecular formula is C20H19N5O2S2. The molecule has 3 aromatic rings. The lowest BCUT2D eigenvalue weighted by Gasteiger charge is -2.26. The predicted molar refractivity (Wildman–Crippen MR) is 116 cm³/mol. The normalized spacial score (nSPS) is 13.9. The summed E-state index contributed by atoms with van der Waals surface area (Å²) in [4.78, 5) is 39.8. The summed E-state index contributed by atoms with van der Waals surface area (Å²) in [5, 5.41) is 5.15. The van der Waals surface area contributed by atoms with Crippen molar-refractivity contribution in [3.63, 3.8) is 0 Å². The lowest BCUT2D eigenvalue weighted by Crippen LogP contribution is -2.37. The number of nitrogens with one attached hydrogen (secondary N) is 1. The molecule has 0 bridgehead atoms. The molecule has 0 spiro atoms. The zero-order valence-electron chi connectivity index (χ0n) is 15.8. The minimum atomic E-state index is -0.307. The van der Waals surface area contributed by atoms with Crippen LogP contribution in [0, 0.1) is 6.92 Å². The van der Waals surface area contributed by atoms with E-state index >= 15 is 0 Å². The van der Waals surface area contributed by atoms with Crippen molar-refractivity contribution in [1.29, 1.82) is 0 Å². The van der Waals surface area contributed by atoms with Gasteiger partial charge in [0.05, 0.1) is 0 Å². The Morgan fingerprint density at radius 2 is 1.90 bits per heavy atom. The van der Waals surface area contributed by atoms with Crippen LogP contribution in [0.25, 0.3) is 10.8 Å². The monoisotopic (exact) mass is 425 g/mol. The lowest BCUT2D eigenvalue weighted by molar-refractivity contribution is 0.0772. The minimum absolute atomic E-state index is 0.0401. The number of aromatic nitrogens is 3. The zero-order chi connectivity index (χ0) is 20.2. The molecule has 29 heavy (non-hydrogen) atoms. The van der Waals surface area contributed by atoms with Gasteiger partial charge in [0.2, 0.25) is 0 Å². The molecule has 0 atom stereocenters. The first-order chi connectivity index (χ1) is 14.1. The average molecular weight is 426 g/mol. The van der Waals surface area contributed by atoms with Gasteiger partial charge in [0.15, 0.2) is 10.8 Å². The molecule has 2 aromatic heterocycles. The van der Waals surface area contributed by atoms with Crippen LogP contribution < -0.4 is 5.32 Å². The van der Waals surface area contributed by atoms with E-state index in [9.17, 15) is 9.59 Å². The number of hydrogen-bond acceptors (Lipinski definition) is 7. The van der Waals surface area contributed by atoms with Gasteiger partial charge in [0, 0.05) is 53.6 Å². The molecule has 1 aromatic carbocycles. The molecule has 9 heteroatoms. The molecule has 148 valence electrons. The minimum Gasteiger partial charge on any atom is -0.337 e. The van der Waals surface area contributed by atoms with Gasteiger partial charge in [-0.05, 0) is 36.8 Å². The molecule has 0 aliphatic carbocycles. The van der Waals surface area contributed by atoms with Gasteiger partial charge in [0.1, 0.15) is 5.69 Å². The fourth-order valence-corrected chi connectivity index (χ4v) is 4.61. The van der Waals surface area contributed by atoms with Crippen LogP contribution in [0.15, 0.2) is 42.0 Å². The summed E-state index contributed by atoms with van der Waals surface area (Å²) in [5.74, 6) is 2.18. The van der Waals surface area contributed by atoms with Crippen LogP contribution in [0.5, 0.6) is 0 Å².